The van der Waals surface area contributed by atoms with Gasteiger partial charge in [-0.3, -0.25) is 0 Å². The van der Waals surface area contributed by atoms with Crippen molar-refractivity contribution in [1.29, 1.82) is 0 Å². The summed E-state index contributed by atoms with van der Waals surface area (Å²) in [7, 11) is 0. The number of halogens is 3. The quantitative estimate of drug-likeness (QED) is 0.644. The fourth-order valence-corrected chi connectivity index (χ4v) is 0.654. The predicted molar refractivity (Wildman–Crippen MR) is 42.3 cm³/mol. The predicted octanol–water partition coefficient (Wildman–Crippen LogP) is 2.52. The minimum absolute atomic E-state index is 0.0856. The fraction of sp³-hybridized carbons (Fsp3) is 0.250. The van der Waals surface area contributed by atoms with Crippen molar-refractivity contribution in [3.05, 3.63) is 36.1 Å². The van der Waals surface area contributed by atoms with E-state index in [2.05, 4.69) is 13.2 Å². The van der Waals surface area contributed by atoms with Gasteiger partial charge in [-0.1, -0.05) is 19.2 Å². The molecule has 4 heteroatoms. The third kappa shape index (κ3) is 2.45. The summed E-state index contributed by atoms with van der Waals surface area (Å²) in [5, 5.41) is 0. The monoisotopic (exact) mass is 177 g/mol. The van der Waals surface area contributed by atoms with Crippen molar-refractivity contribution in [2.75, 3.05) is 0 Å². The van der Waals surface area contributed by atoms with Gasteiger partial charge in [0, 0.05) is 5.70 Å². The van der Waals surface area contributed by atoms with Crippen LogP contribution in [0.3, 0.4) is 0 Å². The molecular weight excluding hydrogens is 167 g/mol. The molecule has 0 saturated heterocycles. The van der Waals surface area contributed by atoms with E-state index in [1.165, 1.54) is 6.92 Å². The topological polar surface area (TPSA) is 26.0 Å². The summed E-state index contributed by atoms with van der Waals surface area (Å²) in [5.74, 6) is 0. The van der Waals surface area contributed by atoms with Gasteiger partial charge in [-0.25, -0.2) is 0 Å². The lowest BCUT2D eigenvalue weighted by Crippen LogP contribution is -2.14. The van der Waals surface area contributed by atoms with E-state index in [1.807, 2.05) is 0 Å². The first-order chi connectivity index (χ1) is 5.30. The summed E-state index contributed by atoms with van der Waals surface area (Å²) in [5.41, 5.74) is 4.09. The van der Waals surface area contributed by atoms with Gasteiger partial charge in [0.05, 0.1) is 5.57 Å². The zero-order valence-corrected chi connectivity index (χ0v) is 6.70. The van der Waals surface area contributed by atoms with Crippen molar-refractivity contribution in [2.24, 2.45) is 5.73 Å². The zero-order valence-electron chi connectivity index (χ0n) is 6.70. The molecule has 0 spiro atoms. The Morgan fingerprint density at radius 3 is 1.92 bits per heavy atom. The molecule has 0 heterocycles. The first-order valence-corrected chi connectivity index (χ1v) is 3.16. The molecule has 0 atom stereocenters. The van der Waals surface area contributed by atoms with E-state index in [4.69, 9.17) is 5.73 Å². The van der Waals surface area contributed by atoms with Gasteiger partial charge in [0.1, 0.15) is 0 Å². The van der Waals surface area contributed by atoms with Crippen LogP contribution >= 0.6 is 0 Å². The van der Waals surface area contributed by atoms with Crippen molar-refractivity contribution in [3.8, 4) is 0 Å². The van der Waals surface area contributed by atoms with Crippen LogP contribution in [0.2, 0.25) is 0 Å². The molecule has 2 N–H and O–H groups in total. The van der Waals surface area contributed by atoms with E-state index >= 15 is 0 Å². The molecule has 0 aromatic rings. The number of hydrogen-bond acceptors (Lipinski definition) is 1. The molecule has 0 bridgehead atoms. The van der Waals surface area contributed by atoms with Gasteiger partial charge in [-0.05, 0) is 12.5 Å². The van der Waals surface area contributed by atoms with Crippen LogP contribution in [0.5, 0.6) is 0 Å². The van der Waals surface area contributed by atoms with Gasteiger partial charge >= 0.3 is 6.18 Å². The molecule has 68 valence electrons. The molecule has 0 aromatic carbocycles. The molecule has 0 saturated carbocycles. The Morgan fingerprint density at radius 1 is 1.42 bits per heavy atom. The van der Waals surface area contributed by atoms with Crippen molar-refractivity contribution in [1.82, 2.24) is 0 Å². The number of alkyl halides is 3. The van der Waals surface area contributed by atoms with Crippen LogP contribution in [0.25, 0.3) is 0 Å². The maximum Gasteiger partial charge on any atom is 0.416 e. The normalized spacial score (nSPS) is 13.7. The van der Waals surface area contributed by atoms with Crippen molar-refractivity contribution in [2.45, 2.75) is 13.1 Å². The van der Waals surface area contributed by atoms with Gasteiger partial charge in [0.25, 0.3) is 0 Å². The minimum Gasteiger partial charge on any atom is -0.399 e. The van der Waals surface area contributed by atoms with Crippen LogP contribution in [0.1, 0.15) is 6.92 Å². The number of rotatable bonds is 2. The average Bonchev–Trinajstić information content (AvgIpc) is 1.85. The lowest BCUT2D eigenvalue weighted by atomic mass is 10.1. The highest BCUT2D eigenvalue weighted by Gasteiger charge is 2.33. The van der Waals surface area contributed by atoms with E-state index in [0.717, 1.165) is 6.08 Å². The number of allylic oxidation sites excluding steroid dienone is 3. The van der Waals surface area contributed by atoms with Gasteiger partial charge in [0.15, 0.2) is 0 Å². The molecule has 1 nitrogen and oxygen atoms in total. The first-order valence-electron chi connectivity index (χ1n) is 3.16. The molecular formula is C8H10F3N. The highest BCUT2D eigenvalue weighted by atomic mass is 19.4. The Balaban J connectivity index is 5.14. The van der Waals surface area contributed by atoms with Crippen LogP contribution < -0.4 is 5.73 Å². The standard InChI is InChI=1S/C8H10F3N/c1-4-7(8(9,10)11)5(2)6(3)12/h4H,1,3,12H2,2H3/b7-5+. The lowest BCUT2D eigenvalue weighted by Gasteiger charge is -2.11. The summed E-state index contributed by atoms with van der Waals surface area (Å²) in [6, 6.07) is 0. The second-order valence-electron chi connectivity index (χ2n) is 2.27. The highest BCUT2D eigenvalue weighted by molar-refractivity contribution is 5.37. The highest BCUT2D eigenvalue weighted by Crippen LogP contribution is 2.29. The summed E-state index contributed by atoms with van der Waals surface area (Å²) >= 11 is 0. The van der Waals surface area contributed by atoms with Gasteiger partial charge in [-0.15, -0.1) is 0 Å². The van der Waals surface area contributed by atoms with Gasteiger partial charge in [0.2, 0.25) is 0 Å². The molecule has 0 aliphatic carbocycles. The van der Waals surface area contributed by atoms with E-state index in [9.17, 15) is 13.2 Å². The van der Waals surface area contributed by atoms with Crippen molar-refractivity contribution < 1.29 is 13.2 Å². The smallest absolute Gasteiger partial charge is 0.399 e. The maximum atomic E-state index is 12.1. The van der Waals surface area contributed by atoms with E-state index < -0.39 is 11.7 Å². The van der Waals surface area contributed by atoms with Crippen LogP contribution in [-0.2, 0) is 0 Å². The van der Waals surface area contributed by atoms with E-state index in [0.29, 0.717) is 0 Å². The van der Waals surface area contributed by atoms with Gasteiger partial charge in [-0.2, -0.15) is 13.2 Å². The lowest BCUT2D eigenvalue weighted by molar-refractivity contribution is -0.0888. The zero-order chi connectivity index (χ0) is 9.94. The number of hydrogen-bond donors (Lipinski definition) is 1. The SMILES string of the molecule is C=C/C(=C(/C)C(=C)N)C(F)(F)F. The Kier molecular flexibility index (Phi) is 3.13. The molecule has 0 aliphatic heterocycles. The Bertz CT molecular complexity index is 235. The fourth-order valence-electron chi connectivity index (χ4n) is 0.654. The van der Waals surface area contributed by atoms with Crippen LogP contribution in [-0.4, -0.2) is 6.18 Å². The van der Waals surface area contributed by atoms with Gasteiger partial charge < -0.3 is 5.73 Å². The summed E-state index contributed by atoms with van der Waals surface area (Å²) in [6.45, 7) is 7.52. The summed E-state index contributed by atoms with van der Waals surface area (Å²) in [4.78, 5) is 0. The Labute approximate surface area is 69.1 Å². The van der Waals surface area contributed by atoms with E-state index in [-0.39, 0.29) is 11.3 Å². The molecule has 12 heavy (non-hydrogen) atoms. The molecule has 0 rings (SSSR count). The average molecular weight is 177 g/mol. The van der Waals surface area contributed by atoms with Crippen LogP contribution in [0, 0.1) is 0 Å². The van der Waals surface area contributed by atoms with Crippen LogP contribution in [0.15, 0.2) is 36.1 Å². The second kappa shape index (κ2) is 3.47. The van der Waals surface area contributed by atoms with Crippen molar-refractivity contribution in [3.63, 3.8) is 0 Å². The Morgan fingerprint density at radius 2 is 1.83 bits per heavy atom. The largest absolute Gasteiger partial charge is 0.416 e. The second-order valence-corrected chi connectivity index (χ2v) is 2.27. The molecule has 0 aromatic heterocycles. The summed E-state index contributed by atoms with van der Waals surface area (Å²) < 4.78 is 36.3. The molecule has 0 unspecified atom stereocenters. The first kappa shape index (κ1) is 10.8. The maximum absolute atomic E-state index is 12.1. The molecule has 0 radical (unpaired) electrons. The summed E-state index contributed by atoms with van der Waals surface area (Å²) in [6.07, 6.45) is -3.68. The molecule has 0 fully saturated rings. The van der Waals surface area contributed by atoms with Crippen molar-refractivity contribution >= 4 is 0 Å². The number of nitrogens with two attached hydrogens (primary N) is 1. The third-order valence-corrected chi connectivity index (χ3v) is 1.40. The molecule has 0 amide bonds. The van der Waals surface area contributed by atoms with Crippen LogP contribution in [0.4, 0.5) is 13.2 Å². The minimum atomic E-state index is -4.41. The third-order valence-electron chi connectivity index (χ3n) is 1.40. The van der Waals surface area contributed by atoms with E-state index in [1.54, 1.807) is 0 Å². The molecule has 0 aliphatic rings. The Hall–Kier alpha value is -1.19.